The molecular formula is C16H24N2O3. The SMILES string of the molecule is CCCC1(C(=O)O)CCCN(Cc2ccc(OC)nc2)C1. The lowest BCUT2D eigenvalue weighted by atomic mass is 9.76. The standard InChI is InChI=1S/C16H24N2O3/c1-3-7-16(15(19)20)8-4-9-18(12-16)11-13-5-6-14(21-2)17-10-13/h5-6,10H,3-4,7-9,11-12H2,1-2H3,(H,19,20). The van der Waals surface area contributed by atoms with E-state index in [1.807, 2.05) is 12.1 Å². The number of methoxy groups -OCH3 is 1. The highest BCUT2D eigenvalue weighted by Crippen LogP contribution is 2.35. The van der Waals surface area contributed by atoms with Crippen LogP contribution in [0.25, 0.3) is 0 Å². The van der Waals surface area contributed by atoms with Crippen LogP contribution in [0, 0.1) is 5.41 Å². The monoisotopic (exact) mass is 292 g/mol. The second-order valence-corrected chi connectivity index (χ2v) is 5.86. The Morgan fingerprint density at radius 3 is 2.90 bits per heavy atom. The van der Waals surface area contributed by atoms with Crippen molar-refractivity contribution in [3.05, 3.63) is 23.9 Å². The van der Waals surface area contributed by atoms with Crippen LogP contribution in [0.4, 0.5) is 0 Å². The highest BCUT2D eigenvalue weighted by molar-refractivity contribution is 5.75. The number of nitrogens with zero attached hydrogens (tertiary/aromatic N) is 2. The zero-order valence-electron chi connectivity index (χ0n) is 12.8. The fourth-order valence-electron chi connectivity index (χ4n) is 3.21. The van der Waals surface area contributed by atoms with Crippen LogP contribution in [-0.2, 0) is 11.3 Å². The van der Waals surface area contributed by atoms with Gasteiger partial charge in [0.05, 0.1) is 12.5 Å². The molecule has 1 aromatic heterocycles. The maximum Gasteiger partial charge on any atom is 0.310 e. The summed E-state index contributed by atoms with van der Waals surface area (Å²) < 4.78 is 5.05. The molecule has 21 heavy (non-hydrogen) atoms. The summed E-state index contributed by atoms with van der Waals surface area (Å²) in [5.74, 6) is -0.0508. The van der Waals surface area contributed by atoms with Crippen LogP contribution in [-0.4, -0.2) is 41.2 Å². The minimum absolute atomic E-state index is 0.576. The van der Waals surface area contributed by atoms with Gasteiger partial charge in [0.1, 0.15) is 0 Å². The van der Waals surface area contributed by atoms with E-state index in [4.69, 9.17) is 4.74 Å². The van der Waals surface area contributed by atoms with Crippen molar-refractivity contribution in [2.75, 3.05) is 20.2 Å². The van der Waals surface area contributed by atoms with E-state index in [1.54, 1.807) is 13.3 Å². The van der Waals surface area contributed by atoms with Crippen molar-refractivity contribution in [2.24, 2.45) is 5.41 Å². The van der Waals surface area contributed by atoms with Gasteiger partial charge in [-0.1, -0.05) is 19.4 Å². The van der Waals surface area contributed by atoms with Crippen molar-refractivity contribution in [1.29, 1.82) is 0 Å². The number of hydrogen-bond donors (Lipinski definition) is 1. The molecule has 0 aliphatic carbocycles. The predicted molar refractivity (Wildman–Crippen MR) is 80.3 cm³/mol. The Kier molecular flexibility index (Phi) is 5.17. The maximum atomic E-state index is 11.7. The first-order valence-electron chi connectivity index (χ1n) is 7.54. The molecule has 1 aliphatic heterocycles. The highest BCUT2D eigenvalue weighted by atomic mass is 16.5. The molecule has 1 atom stereocenters. The fraction of sp³-hybridized carbons (Fsp3) is 0.625. The van der Waals surface area contributed by atoms with Gasteiger partial charge in [-0.05, 0) is 31.4 Å². The van der Waals surface area contributed by atoms with E-state index < -0.39 is 11.4 Å². The first-order valence-corrected chi connectivity index (χ1v) is 7.54. The van der Waals surface area contributed by atoms with Crippen LogP contribution < -0.4 is 4.74 Å². The lowest BCUT2D eigenvalue weighted by Crippen LogP contribution is -2.47. The summed E-state index contributed by atoms with van der Waals surface area (Å²) in [6.45, 7) is 4.37. The van der Waals surface area contributed by atoms with Gasteiger partial charge in [0.15, 0.2) is 0 Å². The number of hydrogen-bond acceptors (Lipinski definition) is 4. The van der Waals surface area contributed by atoms with E-state index in [0.29, 0.717) is 12.4 Å². The molecule has 0 saturated carbocycles. The molecule has 0 aromatic carbocycles. The largest absolute Gasteiger partial charge is 0.481 e. The van der Waals surface area contributed by atoms with Crippen LogP contribution in [0.5, 0.6) is 5.88 Å². The smallest absolute Gasteiger partial charge is 0.310 e. The molecule has 1 aromatic rings. The minimum atomic E-state index is -0.651. The molecular weight excluding hydrogens is 268 g/mol. The van der Waals surface area contributed by atoms with Crippen LogP contribution in [0.2, 0.25) is 0 Å². The van der Waals surface area contributed by atoms with Crippen LogP contribution in [0.1, 0.15) is 38.2 Å². The molecule has 0 spiro atoms. The number of aromatic nitrogens is 1. The Balaban J connectivity index is 2.04. The van der Waals surface area contributed by atoms with E-state index in [9.17, 15) is 9.90 Å². The number of likely N-dealkylation sites (tertiary alicyclic amines) is 1. The molecule has 5 nitrogen and oxygen atoms in total. The van der Waals surface area contributed by atoms with Gasteiger partial charge in [-0.2, -0.15) is 0 Å². The maximum absolute atomic E-state index is 11.7. The van der Waals surface area contributed by atoms with Crippen molar-refractivity contribution in [2.45, 2.75) is 39.2 Å². The topological polar surface area (TPSA) is 62.7 Å². The summed E-state index contributed by atoms with van der Waals surface area (Å²) in [6.07, 6.45) is 5.18. The van der Waals surface area contributed by atoms with Crippen molar-refractivity contribution in [3.63, 3.8) is 0 Å². The second-order valence-electron chi connectivity index (χ2n) is 5.86. The third-order valence-electron chi connectivity index (χ3n) is 4.25. The molecule has 2 heterocycles. The van der Waals surface area contributed by atoms with Crippen molar-refractivity contribution in [3.8, 4) is 5.88 Å². The van der Waals surface area contributed by atoms with E-state index in [2.05, 4.69) is 16.8 Å². The van der Waals surface area contributed by atoms with Crippen molar-refractivity contribution >= 4 is 5.97 Å². The predicted octanol–water partition coefficient (Wildman–Crippen LogP) is 2.56. The number of pyridine rings is 1. The van der Waals surface area contributed by atoms with E-state index in [-0.39, 0.29) is 0 Å². The number of rotatable bonds is 6. The first kappa shape index (κ1) is 15.8. The van der Waals surface area contributed by atoms with E-state index in [1.165, 1.54) is 0 Å². The zero-order chi connectivity index (χ0) is 15.3. The molecule has 1 aliphatic rings. The fourth-order valence-corrected chi connectivity index (χ4v) is 3.21. The van der Waals surface area contributed by atoms with Gasteiger partial charge < -0.3 is 9.84 Å². The summed E-state index contributed by atoms with van der Waals surface area (Å²) in [6, 6.07) is 3.83. The average Bonchev–Trinajstić information content (AvgIpc) is 2.48. The third kappa shape index (κ3) is 3.73. The number of aliphatic carboxylic acids is 1. The lowest BCUT2D eigenvalue weighted by molar-refractivity contribution is -0.153. The molecule has 1 fully saturated rings. The molecule has 5 heteroatoms. The van der Waals surface area contributed by atoms with Gasteiger partial charge in [0, 0.05) is 25.4 Å². The van der Waals surface area contributed by atoms with Gasteiger partial charge in [0.2, 0.25) is 5.88 Å². The van der Waals surface area contributed by atoms with Crippen LogP contribution >= 0.6 is 0 Å². The Hall–Kier alpha value is -1.62. The second kappa shape index (κ2) is 6.89. The van der Waals surface area contributed by atoms with Gasteiger partial charge in [-0.25, -0.2) is 4.98 Å². The van der Waals surface area contributed by atoms with E-state index in [0.717, 1.165) is 44.3 Å². The van der Waals surface area contributed by atoms with Gasteiger partial charge in [-0.3, -0.25) is 9.69 Å². The molecule has 2 rings (SSSR count). The van der Waals surface area contributed by atoms with Gasteiger partial charge in [0.25, 0.3) is 0 Å². The van der Waals surface area contributed by atoms with Crippen LogP contribution in [0.3, 0.4) is 0 Å². The molecule has 1 N–H and O–H groups in total. The molecule has 0 radical (unpaired) electrons. The Bertz CT molecular complexity index is 471. The lowest BCUT2D eigenvalue weighted by Gasteiger charge is -2.40. The Labute approximate surface area is 125 Å². The van der Waals surface area contributed by atoms with Gasteiger partial charge in [-0.15, -0.1) is 0 Å². The number of ether oxygens (including phenoxy) is 1. The summed E-state index contributed by atoms with van der Waals surface area (Å²) in [7, 11) is 1.60. The molecule has 1 unspecified atom stereocenters. The third-order valence-corrected chi connectivity index (χ3v) is 4.25. The van der Waals surface area contributed by atoms with E-state index >= 15 is 0 Å². The molecule has 116 valence electrons. The van der Waals surface area contributed by atoms with Crippen molar-refractivity contribution < 1.29 is 14.6 Å². The number of carboxylic acids is 1. The molecule has 0 bridgehead atoms. The zero-order valence-corrected chi connectivity index (χ0v) is 12.8. The number of carbonyl (C=O) groups is 1. The molecule has 1 saturated heterocycles. The minimum Gasteiger partial charge on any atom is -0.481 e. The summed E-state index contributed by atoms with van der Waals surface area (Å²) in [5.41, 5.74) is 0.515. The summed E-state index contributed by atoms with van der Waals surface area (Å²) in [5, 5.41) is 9.62. The van der Waals surface area contributed by atoms with Crippen molar-refractivity contribution in [1.82, 2.24) is 9.88 Å². The highest BCUT2D eigenvalue weighted by Gasteiger charge is 2.41. The average molecular weight is 292 g/mol. The number of piperidine rings is 1. The summed E-state index contributed by atoms with van der Waals surface area (Å²) >= 11 is 0. The Morgan fingerprint density at radius 2 is 2.33 bits per heavy atom. The van der Waals surface area contributed by atoms with Gasteiger partial charge >= 0.3 is 5.97 Å². The Morgan fingerprint density at radius 1 is 1.52 bits per heavy atom. The summed E-state index contributed by atoms with van der Waals surface area (Å²) in [4.78, 5) is 18.1. The number of carboxylic acid groups (broad SMARTS) is 1. The first-order chi connectivity index (χ1) is 10.1. The normalized spacial score (nSPS) is 23.0. The van der Waals surface area contributed by atoms with Crippen LogP contribution in [0.15, 0.2) is 18.3 Å². The molecule has 0 amide bonds. The quantitative estimate of drug-likeness (QED) is 0.873.